The van der Waals surface area contributed by atoms with E-state index in [9.17, 15) is 13.2 Å². The molecule has 0 fully saturated rings. The van der Waals surface area contributed by atoms with Crippen LogP contribution in [-0.2, 0) is 11.1 Å². The summed E-state index contributed by atoms with van der Waals surface area (Å²) in [5.41, 5.74) is 0. The second kappa shape index (κ2) is 3.75. The molecule has 0 aliphatic carbocycles. The van der Waals surface area contributed by atoms with Gasteiger partial charge in [0.2, 0.25) is 0 Å². The van der Waals surface area contributed by atoms with Gasteiger partial charge in [-0.1, -0.05) is 0 Å². The lowest BCUT2D eigenvalue weighted by molar-refractivity contribution is -0.212. The van der Waals surface area contributed by atoms with Gasteiger partial charge in [-0.2, -0.15) is 9.78 Å². The molecule has 1 aromatic heterocycles. The Labute approximate surface area is 60.4 Å². The largest absolute Gasteiger partial charge is 0.504 e. The molecule has 1 aromatic rings. The molecule has 1 rings (SSSR count). The third-order valence-corrected chi connectivity index (χ3v) is 0.764. The summed E-state index contributed by atoms with van der Waals surface area (Å²) in [5, 5.41) is 2.98. The summed E-state index contributed by atoms with van der Waals surface area (Å²) in [6, 6.07) is 1.22. The van der Waals surface area contributed by atoms with Crippen molar-refractivity contribution in [3.8, 4) is 0 Å². The molecular weight excluding hydrogens is 161 g/mol. The average molecular weight is 166 g/mol. The van der Waals surface area contributed by atoms with Crippen molar-refractivity contribution in [3.63, 3.8) is 0 Å². The number of nitrogens with zero attached hydrogens (tertiary/aromatic N) is 2. The molecule has 0 aliphatic heterocycles. The summed E-state index contributed by atoms with van der Waals surface area (Å²) in [5.74, 6) is 0. The molecule has 1 heterocycles. The van der Waals surface area contributed by atoms with Gasteiger partial charge in [-0.05, 0) is 6.07 Å². The topological polar surface area (TPSA) is 34.9 Å². The molecule has 0 N–H and O–H groups in total. The smallest absolute Gasteiger partial charge is 0.307 e. The van der Waals surface area contributed by atoms with E-state index >= 15 is 0 Å². The molecule has 62 valence electrons. The van der Waals surface area contributed by atoms with Gasteiger partial charge in [-0.3, -0.25) is 0 Å². The van der Waals surface area contributed by atoms with Crippen molar-refractivity contribution in [3.05, 3.63) is 18.5 Å². The van der Waals surface area contributed by atoms with E-state index in [0.717, 1.165) is 12.4 Å². The Kier molecular flexibility index (Phi) is 3.29. The highest BCUT2D eigenvalue weighted by molar-refractivity contribution is 5.10. The van der Waals surface area contributed by atoms with Crippen molar-refractivity contribution in [2.75, 3.05) is 0 Å². The fourth-order valence-electron chi connectivity index (χ4n) is 0.419. The zero-order chi connectivity index (χ0) is 8.91. The Bertz CT molecular complexity index is 194. The highest BCUT2D eigenvalue weighted by Crippen LogP contribution is 2.19. The normalized spacial score (nSPS) is 10.1. The van der Waals surface area contributed by atoms with Crippen LogP contribution in [0.2, 0.25) is 0 Å². The molecule has 0 aliphatic rings. The van der Waals surface area contributed by atoms with E-state index in [-0.39, 0.29) is 4.68 Å². The van der Waals surface area contributed by atoms with Gasteiger partial charge < -0.3 is 4.79 Å². The van der Waals surface area contributed by atoms with E-state index in [1.54, 1.807) is 0 Å². The summed E-state index contributed by atoms with van der Waals surface area (Å²) in [7, 11) is 0. The van der Waals surface area contributed by atoms with Crippen LogP contribution >= 0.6 is 0 Å². The minimum Gasteiger partial charge on any atom is -0.307 e. The zero-order valence-electron chi connectivity index (χ0n) is 5.38. The molecular formula is C5H5F3N2O. The molecule has 0 bridgehead atoms. The SMILES string of the molecule is C=O.FC(F)(F)n1cccn1. The Hall–Kier alpha value is -1.33. The minimum atomic E-state index is -4.37. The molecule has 0 saturated carbocycles. The maximum Gasteiger partial charge on any atom is 0.504 e. The summed E-state index contributed by atoms with van der Waals surface area (Å²) >= 11 is 0. The molecule has 0 atom stereocenters. The maximum atomic E-state index is 11.5. The van der Waals surface area contributed by atoms with E-state index in [4.69, 9.17) is 4.79 Å². The molecule has 3 nitrogen and oxygen atoms in total. The molecule has 0 spiro atoms. The number of hydrogen-bond donors (Lipinski definition) is 0. The highest BCUT2D eigenvalue weighted by atomic mass is 19.4. The maximum absolute atomic E-state index is 11.5. The first kappa shape index (κ1) is 9.67. The van der Waals surface area contributed by atoms with Crippen molar-refractivity contribution in [2.45, 2.75) is 6.30 Å². The number of carbonyl (C=O) groups is 1. The van der Waals surface area contributed by atoms with Crippen molar-refractivity contribution < 1.29 is 18.0 Å². The molecule has 0 unspecified atom stereocenters. The first-order chi connectivity index (χ1) is 5.11. The molecule has 0 aromatic carbocycles. The molecule has 0 amide bonds. The third-order valence-electron chi connectivity index (χ3n) is 0.764. The number of alkyl halides is 3. The standard InChI is InChI=1S/C4H3F3N2.CH2O/c5-4(6,7)9-3-1-2-8-9;1-2/h1-3H;1H2. The van der Waals surface area contributed by atoms with Gasteiger partial charge in [-0.25, -0.2) is 0 Å². The minimum absolute atomic E-state index is 0.0625. The van der Waals surface area contributed by atoms with Crippen molar-refractivity contribution in [1.29, 1.82) is 0 Å². The highest BCUT2D eigenvalue weighted by Gasteiger charge is 2.30. The van der Waals surface area contributed by atoms with Gasteiger partial charge in [0.1, 0.15) is 6.79 Å². The van der Waals surface area contributed by atoms with Gasteiger partial charge in [0.25, 0.3) is 0 Å². The monoisotopic (exact) mass is 166 g/mol. The van der Waals surface area contributed by atoms with Crippen LogP contribution in [0.1, 0.15) is 0 Å². The number of hydrogen-bond acceptors (Lipinski definition) is 2. The van der Waals surface area contributed by atoms with Crippen LogP contribution < -0.4 is 0 Å². The van der Waals surface area contributed by atoms with Crippen LogP contribution in [0.4, 0.5) is 13.2 Å². The Balaban J connectivity index is 0.000000461. The van der Waals surface area contributed by atoms with Crippen LogP contribution in [0, 0.1) is 0 Å². The van der Waals surface area contributed by atoms with Crippen LogP contribution in [0.5, 0.6) is 0 Å². The predicted octanol–water partition coefficient (Wildman–Crippen LogP) is 1.17. The fourth-order valence-corrected chi connectivity index (χ4v) is 0.419. The van der Waals surface area contributed by atoms with Crippen LogP contribution in [0.3, 0.4) is 0 Å². The molecule has 11 heavy (non-hydrogen) atoms. The van der Waals surface area contributed by atoms with Crippen molar-refractivity contribution in [1.82, 2.24) is 9.78 Å². The first-order valence-electron chi connectivity index (χ1n) is 2.46. The number of aromatic nitrogens is 2. The third kappa shape index (κ3) is 2.83. The Morgan fingerprint density at radius 3 is 2.09 bits per heavy atom. The van der Waals surface area contributed by atoms with E-state index in [2.05, 4.69) is 5.10 Å². The summed E-state index contributed by atoms with van der Waals surface area (Å²) in [6.07, 6.45) is -2.45. The van der Waals surface area contributed by atoms with Crippen LogP contribution in [0.25, 0.3) is 0 Å². The van der Waals surface area contributed by atoms with E-state index < -0.39 is 6.30 Å². The zero-order valence-corrected chi connectivity index (χ0v) is 5.38. The number of carbonyl (C=O) groups excluding carboxylic acids is 1. The van der Waals surface area contributed by atoms with Gasteiger partial charge >= 0.3 is 6.30 Å². The second-order valence-corrected chi connectivity index (χ2v) is 1.42. The quantitative estimate of drug-likeness (QED) is 0.579. The molecule has 6 heteroatoms. The predicted molar refractivity (Wildman–Crippen MR) is 30.6 cm³/mol. The lowest BCUT2D eigenvalue weighted by Crippen LogP contribution is -2.16. The molecule has 0 saturated heterocycles. The van der Waals surface area contributed by atoms with Crippen LogP contribution in [-0.4, -0.2) is 16.6 Å². The lowest BCUT2D eigenvalue weighted by atomic mass is 10.8. The Morgan fingerprint density at radius 1 is 1.36 bits per heavy atom. The molecule has 0 radical (unpaired) electrons. The Morgan fingerprint density at radius 2 is 1.91 bits per heavy atom. The van der Waals surface area contributed by atoms with Gasteiger partial charge in [0.05, 0.1) is 0 Å². The van der Waals surface area contributed by atoms with Gasteiger partial charge in [0.15, 0.2) is 0 Å². The lowest BCUT2D eigenvalue weighted by Gasteiger charge is -2.03. The first-order valence-corrected chi connectivity index (χ1v) is 2.46. The van der Waals surface area contributed by atoms with Gasteiger partial charge in [-0.15, -0.1) is 13.2 Å². The number of halogens is 3. The second-order valence-electron chi connectivity index (χ2n) is 1.42. The summed E-state index contributed by atoms with van der Waals surface area (Å²) < 4.78 is 34.5. The van der Waals surface area contributed by atoms with Crippen molar-refractivity contribution >= 4 is 6.79 Å². The van der Waals surface area contributed by atoms with Crippen LogP contribution in [0.15, 0.2) is 18.5 Å². The van der Waals surface area contributed by atoms with E-state index in [1.165, 1.54) is 6.07 Å². The fraction of sp³-hybridized carbons (Fsp3) is 0.200. The average Bonchev–Trinajstić information content (AvgIpc) is 2.40. The summed E-state index contributed by atoms with van der Waals surface area (Å²) in [4.78, 5) is 8.00. The number of rotatable bonds is 0. The van der Waals surface area contributed by atoms with Gasteiger partial charge in [0, 0.05) is 12.4 Å². The van der Waals surface area contributed by atoms with E-state index in [1.807, 2.05) is 6.79 Å². The summed E-state index contributed by atoms with van der Waals surface area (Å²) in [6.45, 7) is 2.00. The van der Waals surface area contributed by atoms with Crippen molar-refractivity contribution in [2.24, 2.45) is 0 Å². The van der Waals surface area contributed by atoms with E-state index in [0.29, 0.717) is 0 Å².